The number of aryl methyl sites for hydroxylation is 2. The van der Waals surface area contributed by atoms with Crippen molar-refractivity contribution in [3.8, 4) is 0 Å². The van der Waals surface area contributed by atoms with Gasteiger partial charge in [0.2, 0.25) is 5.91 Å². The van der Waals surface area contributed by atoms with Crippen LogP contribution in [0.2, 0.25) is 0 Å². The number of aromatic nitrogens is 3. The van der Waals surface area contributed by atoms with E-state index in [0.29, 0.717) is 48.4 Å². The van der Waals surface area contributed by atoms with Gasteiger partial charge in [-0.25, -0.2) is 24.6 Å². The summed E-state index contributed by atoms with van der Waals surface area (Å²) in [5.74, 6) is 0.425. The second-order valence-corrected chi connectivity index (χ2v) is 9.09. The van der Waals surface area contributed by atoms with Gasteiger partial charge in [-0.3, -0.25) is 14.5 Å². The van der Waals surface area contributed by atoms with E-state index >= 15 is 0 Å². The van der Waals surface area contributed by atoms with Gasteiger partial charge < -0.3 is 10.6 Å². The van der Waals surface area contributed by atoms with Crippen molar-refractivity contribution in [3.05, 3.63) is 28.7 Å². The Labute approximate surface area is 184 Å². The standard InChI is InChI=1S/C20H25N7O3S/c1-11-9-16(23-13(3)22-11)27-17(29)20(25-19(27)30)5-7-26(8-6-20)12(2)15-10-21-18(31-15)24-14(4)28/h9-10,12H,5-8H2,1-4H3,(H,25,30)(H,21,24,28)/t12-/m1/s1. The summed E-state index contributed by atoms with van der Waals surface area (Å²) < 4.78 is 0. The summed E-state index contributed by atoms with van der Waals surface area (Å²) in [7, 11) is 0. The number of amides is 4. The molecule has 4 heterocycles. The molecule has 0 radical (unpaired) electrons. The molecule has 0 aliphatic carbocycles. The van der Waals surface area contributed by atoms with E-state index in [-0.39, 0.29) is 17.9 Å². The highest BCUT2D eigenvalue weighted by Gasteiger charge is 2.53. The molecule has 11 heteroatoms. The Bertz CT molecular complexity index is 1020. The van der Waals surface area contributed by atoms with Gasteiger partial charge in [-0.2, -0.15) is 0 Å². The number of rotatable bonds is 4. The summed E-state index contributed by atoms with van der Waals surface area (Å²) in [6.07, 6.45) is 2.80. The van der Waals surface area contributed by atoms with E-state index in [0.717, 1.165) is 9.78 Å². The fraction of sp³-hybridized carbons (Fsp3) is 0.500. The van der Waals surface area contributed by atoms with Crippen molar-refractivity contribution >= 4 is 40.1 Å². The third-order valence-electron chi connectivity index (χ3n) is 5.76. The Morgan fingerprint density at radius 2 is 1.97 bits per heavy atom. The highest BCUT2D eigenvalue weighted by atomic mass is 32.1. The molecule has 0 bridgehead atoms. The first kappa shape index (κ1) is 21.3. The second-order valence-electron chi connectivity index (χ2n) is 8.03. The van der Waals surface area contributed by atoms with E-state index in [4.69, 9.17) is 0 Å². The van der Waals surface area contributed by atoms with Crippen LogP contribution < -0.4 is 15.5 Å². The van der Waals surface area contributed by atoms with Crippen LogP contribution in [0, 0.1) is 13.8 Å². The maximum atomic E-state index is 13.3. The van der Waals surface area contributed by atoms with Gasteiger partial charge in [0.15, 0.2) is 5.13 Å². The fourth-order valence-electron chi connectivity index (χ4n) is 4.14. The Balaban J connectivity index is 1.46. The summed E-state index contributed by atoms with van der Waals surface area (Å²) in [5.41, 5.74) is -0.203. The second kappa shape index (κ2) is 7.97. The number of anilines is 2. The Morgan fingerprint density at radius 1 is 1.26 bits per heavy atom. The molecule has 4 amide bonds. The summed E-state index contributed by atoms with van der Waals surface area (Å²) in [6, 6.07) is 1.30. The molecule has 4 rings (SSSR count). The van der Waals surface area contributed by atoms with Crippen LogP contribution in [0.5, 0.6) is 0 Å². The number of piperidine rings is 1. The van der Waals surface area contributed by atoms with Crippen LogP contribution in [0.3, 0.4) is 0 Å². The van der Waals surface area contributed by atoms with E-state index < -0.39 is 11.6 Å². The van der Waals surface area contributed by atoms with Gasteiger partial charge in [-0.05, 0) is 33.6 Å². The Hall–Kier alpha value is -2.92. The maximum absolute atomic E-state index is 13.3. The quantitative estimate of drug-likeness (QED) is 0.695. The number of urea groups is 1. The molecule has 0 aromatic carbocycles. The van der Waals surface area contributed by atoms with E-state index in [2.05, 4.69) is 37.4 Å². The maximum Gasteiger partial charge on any atom is 0.330 e. The Morgan fingerprint density at radius 3 is 2.61 bits per heavy atom. The Kier molecular flexibility index (Phi) is 5.48. The lowest BCUT2D eigenvalue weighted by Gasteiger charge is -2.39. The number of carbonyl (C=O) groups excluding carboxylic acids is 3. The van der Waals surface area contributed by atoms with Crippen molar-refractivity contribution in [3.63, 3.8) is 0 Å². The van der Waals surface area contributed by atoms with Crippen molar-refractivity contribution in [1.82, 2.24) is 25.2 Å². The summed E-state index contributed by atoms with van der Waals surface area (Å²) >= 11 is 1.44. The molecule has 2 aromatic rings. The van der Waals surface area contributed by atoms with Gasteiger partial charge in [0, 0.05) is 48.9 Å². The smallest absolute Gasteiger partial charge is 0.323 e. The lowest BCUT2D eigenvalue weighted by molar-refractivity contribution is -0.124. The van der Waals surface area contributed by atoms with Crippen molar-refractivity contribution < 1.29 is 14.4 Å². The van der Waals surface area contributed by atoms with E-state index in [9.17, 15) is 14.4 Å². The summed E-state index contributed by atoms with van der Waals surface area (Å²) in [5, 5.41) is 6.20. The van der Waals surface area contributed by atoms with Crippen LogP contribution in [0.1, 0.15) is 49.1 Å². The number of nitrogens with zero attached hydrogens (tertiary/aromatic N) is 5. The van der Waals surface area contributed by atoms with Gasteiger partial charge in [0.05, 0.1) is 0 Å². The number of likely N-dealkylation sites (tertiary alicyclic amines) is 1. The molecular formula is C20H25N7O3S. The predicted molar refractivity (Wildman–Crippen MR) is 116 cm³/mol. The SMILES string of the molecule is CC(=O)Nc1ncc([C@@H](C)N2CCC3(CC2)NC(=O)N(c2cc(C)nc(C)n2)C3=O)s1. The van der Waals surface area contributed by atoms with Crippen molar-refractivity contribution in [2.45, 2.75) is 52.1 Å². The topological polar surface area (TPSA) is 120 Å². The average molecular weight is 444 g/mol. The van der Waals surface area contributed by atoms with Crippen LogP contribution in [-0.2, 0) is 9.59 Å². The molecule has 2 N–H and O–H groups in total. The molecule has 2 fully saturated rings. The average Bonchev–Trinajstić information content (AvgIpc) is 3.23. The lowest BCUT2D eigenvalue weighted by atomic mass is 9.87. The zero-order valence-corrected chi connectivity index (χ0v) is 18.7. The zero-order chi connectivity index (χ0) is 22.3. The molecule has 0 unspecified atom stereocenters. The third kappa shape index (κ3) is 4.02. The van der Waals surface area contributed by atoms with E-state index in [1.165, 1.54) is 18.3 Å². The van der Waals surface area contributed by atoms with Crippen LogP contribution >= 0.6 is 11.3 Å². The van der Waals surface area contributed by atoms with Gasteiger partial charge in [0.1, 0.15) is 17.2 Å². The molecule has 2 saturated heterocycles. The minimum absolute atomic E-state index is 0.0906. The molecule has 164 valence electrons. The minimum atomic E-state index is -0.908. The summed E-state index contributed by atoms with van der Waals surface area (Å²) in [6.45, 7) is 8.38. The van der Waals surface area contributed by atoms with Crippen LogP contribution in [0.25, 0.3) is 0 Å². The normalized spacial score (nSPS) is 19.5. The molecule has 2 aliphatic heterocycles. The van der Waals surface area contributed by atoms with E-state index in [1.54, 1.807) is 19.2 Å². The number of thiazole rings is 1. The van der Waals surface area contributed by atoms with Crippen molar-refractivity contribution in [1.29, 1.82) is 0 Å². The highest BCUT2D eigenvalue weighted by molar-refractivity contribution is 7.15. The molecule has 1 atom stereocenters. The highest BCUT2D eigenvalue weighted by Crippen LogP contribution is 2.36. The molecule has 10 nitrogen and oxygen atoms in total. The van der Waals surface area contributed by atoms with Crippen molar-refractivity contribution in [2.24, 2.45) is 0 Å². The zero-order valence-electron chi connectivity index (χ0n) is 17.9. The fourth-order valence-corrected chi connectivity index (χ4v) is 5.09. The van der Waals surface area contributed by atoms with Gasteiger partial charge in [0.25, 0.3) is 5.91 Å². The van der Waals surface area contributed by atoms with Gasteiger partial charge in [-0.1, -0.05) is 0 Å². The van der Waals surface area contributed by atoms with Gasteiger partial charge in [-0.15, -0.1) is 11.3 Å². The van der Waals surface area contributed by atoms with Crippen LogP contribution in [0.4, 0.5) is 15.7 Å². The lowest BCUT2D eigenvalue weighted by Crippen LogP contribution is -2.55. The predicted octanol–water partition coefficient (Wildman–Crippen LogP) is 2.16. The number of hydrogen-bond acceptors (Lipinski definition) is 8. The first-order chi connectivity index (χ1) is 14.7. The molecule has 31 heavy (non-hydrogen) atoms. The first-order valence-electron chi connectivity index (χ1n) is 10.1. The molecule has 0 saturated carbocycles. The van der Waals surface area contributed by atoms with Crippen LogP contribution in [-0.4, -0.2) is 56.3 Å². The number of carbonyl (C=O) groups is 3. The molecule has 1 spiro atoms. The number of hydrogen-bond donors (Lipinski definition) is 2. The first-order valence-corrected chi connectivity index (χ1v) is 11.0. The number of nitrogens with one attached hydrogen (secondary N) is 2. The van der Waals surface area contributed by atoms with Crippen LogP contribution in [0.15, 0.2) is 12.3 Å². The molecule has 2 aromatic heterocycles. The number of imide groups is 1. The molecular weight excluding hydrogens is 418 g/mol. The summed E-state index contributed by atoms with van der Waals surface area (Å²) in [4.78, 5) is 54.4. The largest absolute Gasteiger partial charge is 0.330 e. The monoisotopic (exact) mass is 443 g/mol. The van der Waals surface area contributed by atoms with Crippen molar-refractivity contribution in [2.75, 3.05) is 23.3 Å². The van der Waals surface area contributed by atoms with E-state index in [1.807, 2.05) is 6.92 Å². The third-order valence-corrected chi connectivity index (χ3v) is 6.84. The molecule has 2 aliphatic rings. The van der Waals surface area contributed by atoms with Gasteiger partial charge >= 0.3 is 6.03 Å². The minimum Gasteiger partial charge on any atom is -0.323 e.